The Morgan fingerprint density at radius 3 is 2.57 bits per heavy atom. The molecule has 0 aliphatic carbocycles. The molecule has 1 aliphatic heterocycles. The largest absolute Gasteiger partial charge is 0.383 e. The third-order valence-electron chi connectivity index (χ3n) is 6.41. The number of nitrogens with zero attached hydrogens (tertiary/aromatic N) is 3. The van der Waals surface area contributed by atoms with Crippen molar-refractivity contribution in [3.8, 4) is 11.1 Å². The van der Waals surface area contributed by atoms with Gasteiger partial charge in [0, 0.05) is 47.6 Å². The van der Waals surface area contributed by atoms with Crippen molar-refractivity contribution < 1.29 is 9.59 Å². The summed E-state index contributed by atoms with van der Waals surface area (Å²) < 4.78 is 0. The lowest BCUT2D eigenvalue weighted by atomic mass is 9.89. The Labute approximate surface area is 221 Å². The van der Waals surface area contributed by atoms with Crippen molar-refractivity contribution in [1.29, 1.82) is 0 Å². The number of nitrogens with one attached hydrogen (secondary N) is 1. The van der Waals surface area contributed by atoms with Crippen molar-refractivity contribution in [2.75, 3.05) is 24.1 Å². The third kappa shape index (κ3) is 5.95. The van der Waals surface area contributed by atoms with Crippen molar-refractivity contribution in [1.82, 2.24) is 9.88 Å². The van der Waals surface area contributed by atoms with Crippen LogP contribution in [0.2, 0.25) is 0 Å². The number of aliphatic imine (C=N–C) groups is 1. The van der Waals surface area contributed by atoms with Crippen molar-refractivity contribution >= 4 is 41.6 Å². The molecular formula is C29H28ClN5O2. The molecule has 2 aromatic carbocycles. The van der Waals surface area contributed by atoms with E-state index < -0.39 is 0 Å². The van der Waals surface area contributed by atoms with Crippen molar-refractivity contribution in [2.24, 2.45) is 4.99 Å². The van der Waals surface area contributed by atoms with Gasteiger partial charge in [0.15, 0.2) is 0 Å². The van der Waals surface area contributed by atoms with E-state index in [1.165, 1.54) is 11.6 Å². The fraction of sp³-hybridized carbons (Fsp3) is 0.172. The molecule has 37 heavy (non-hydrogen) atoms. The molecule has 0 bridgehead atoms. The third-order valence-corrected chi connectivity index (χ3v) is 6.66. The van der Waals surface area contributed by atoms with Gasteiger partial charge < -0.3 is 16.0 Å². The number of carbonyl (C=O) groups is 2. The summed E-state index contributed by atoms with van der Waals surface area (Å²) in [6, 6.07) is 17.4. The van der Waals surface area contributed by atoms with Gasteiger partial charge in [0.1, 0.15) is 11.0 Å². The number of pyridine rings is 1. The molecule has 3 aromatic rings. The predicted octanol–water partition coefficient (Wildman–Crippen LogP) is 5.54. The molecule has 1 saturated heterocycles. The number of aryl methyl sites for hydroxylation is 1. The van der Waals surface area contributed by atoms with E-state index in [2.05, 4.69) is 34.1 Å². The monoisotopic (exact) mass is 513 g/mol. The molecule has 3 N–H and O–H groups in total. The summed E-state index contributed by atoms with van der Waals surface area (Å²) in [7, 11) is 0. The van der Waals surface area contributed by atoms with Gasteiger partial charge in [-0.2, -0.15) is 0 Å². The standard InChI is InChI=1S/C29H28ClN5O2/c1-18-6-8-22(15-25(18)34-28(36)19(2)7-13-26(30)32-3)29(37)35-16-23(17-35)20-9-11-21(12-10-20)24-5-4-14-33-27(24)31/h4-15,23H,3,16-17H2,1-2H3,(H2,31,33)(H,34,36)/b19-7+,26-13-. The summed E-state index contributed by atoms with van der Waals surface area (Å²) in [4.78, 5) is 35.2. The molecule has 7 nitrogen and oxygen atoms in total. The average molecular weight is 514 g/mol. The Morgan fingerprint density at radius 2 is 1.89 bits per heavy atom. The molecule has 0 radical (unpaired) electrons. The number of likely N-dealkylation sites (tertiary alicyclic amines) is 1. The van der Waals surface area contributed by atoms with Crippen molar-refractivity contribution in [3.63, 3.8) is 0 Å². The summed E-state index contributed by atoms with van der Waals surface area (Å²) in [5.74, 6) is 0.414. The highest BCUT2D eigenvalue weighted by atomic mass is 35.5. The van der Waals surface area contributed by atoms with Crippen LogP contribution in [0.5, 0.6) is 0 Å². The molecule has 2 amide bonds. The van der Waals surface area contributed by atoms with E-state index in [0.29, 0.717) is 35.7 Å². The van der Waals surface area contributed by atoms with E-state index in [1.807, 2.05) is 42.2 Å². The summed E-state index contributed by atoms with van der Waals surface area (Å²) in [5.41, 5.74) is 11.5. The molecule has 0 unspecified atom stereocenters. The Balaban J connectivity index is 1.39. The Hall–Kier alpha value is -4.23. The summed E-state index contributed by atoms with van der Waals surface area (Å²) >= 11 is 5.80. The van der Waals surface area contributed by atoms with Crippen LogP contribution in [-0.4, -0.2) is 41.5 Å². The van der Waals surface area contributed by atoms with E-state index in [1.54, 1.807) is 31.3 Å². The maximum absolute atomic E-state index is 13.1. The second kappa shape index (κ2) is 11.2. The van der Waals surface area contributed by atoms with Crippen LogP contribution in [0.25, 0.3) is 11.1 Å². The van der Waals surface area contributed by atoms with Crippen LogP contribution >= 0.6 is 11.6 Å². The zero-order valence-corrected chi connectivity index (χ0v) is 21.5. The second-order valence-corrected chi connectivity index (χ2v) is 9.33. The fourth-order valence-corrected chi connectivity index (χ4v) is 4.13. The summed E-state index contributed by atoms with van der Waals surface area (Å²) in [6.45, 7) is 8.15. The Kier molecular flexibility index (Phi) is 7.84. The fourth-order valence-electron chi connectivity index (χ4n) is 4.07. The van der Waals surface area contributed by atoms with E-state index >= 15 is 0 Å². The molecule has 2 heterocycles. The number of anilines is 2. The molecule has 4 rings (SSSR count). The number of halogens is 1. The normalized spacial score (nSPS) is 14.2. The predicted molar refractivity (Wildman–Crippen MR) is 150 cm³/mol. The van der Waals surface area contributed by atoms with Gasteiger partial charge in [0.2, 0.25) is 0 Å². The molecule has 0 spiro atoms. The van der Waals surface area contributed by atoms with Crippen LogP contribution in [-0.2, 0) is 4.79 Å². The SMILES string of the molecule is C=N/C(Cl)=C\C=C(/C)C(=O)Nc1cc(C(=O)N2CC(c3ccc(-c4cccnc4N)cc3)C2)ccc1C. The Bertz CT molecular complexity index is 1410. The van der Waals surface area contributed by atoms with Gasteiger partial charge in [-0.1, -0.05) is 48.0 Å². The average Bonchev–Trinajstić information content (AvgIpc) is 2.88. The van der Waals surface area contributed by atoms with Gasteiger partial charge in [-0.05, 0) is 67.6 Å². The minimum Gasteiger partial charge on any atom is -0.383 e. The van der Waals surface area contributed by atoms with Gasteiger partial charge in [0.25, 0.3) is 11.8 Å². The lowest BCUT2D eigenvalue weighted by Crippen LogP contribution is -2.48. The molecule has 1 aliphatic rings. The number of allylic oxidation sites excluding steroid dienone is 2. The van der Waals surface area contributed by atoms with Gasteiger partial charge in [-0.15, -0.1) is 0 Å². The lowest BCUT2D eigenvalue weighted by molar-refractivity contribution is -0.112. The number of nitrogens with two attached hydrogens (primary N) is 1. The van der Waals surface area contributed by atoms with E-state index in [9.17, 15) is 9.59 Å². The molecule has 0 atom stereocenters. The summed E-state index contributed by atoms with van der Waals surface area (Å²) in [5, 5.41) is 3.06. The number of rotatable bonds is 7. The molecule has 188 valence electrons. The second-order valence-electron chi connectivity index (χ2n) is 8.95. The minimum atomic E-state index is -0.294. The maximum Gasteiger partial charge on any atom is 0.253 e. The van der Waals surface area contributed by atoms with Crippen LogP contribution in [0.4, 0.5) is 11.5 Å². The minimum absolute atomic E-state index is 0.0643. The van der Waals surface area contributed by atoms with Crippen molar-refractivity contribution in [3.05, 3.63) is 100 Å². The highest BCUT2D eigenvalue weighted by Crippen LogP contribution is 2.31. The first-order valence-corrected chi connectivity index (χ1v) is 12.2. The van der Waals surface area contributed by atoms with Gasteiger partial charge in [-0.3, -0.25) is 14.6 Å². The van der Waals surface area contributed by atoms with Crippen molar-refractivity contribution in [2.45, 2.75) is 19.8 Å². The van der Waals surface area contributed by atoms with Crippen LogP contribution in [0.15, 0.2) is 88.7 Å². The number of benzene rings is 2. The van der Waals surface area contributed by atoms with Crippen LogP contribution in [0.3, 0.4) is 0 Å². The molecule has 1 fully saturated rings. The number of hydrogen-bond acceptors (Lipinski definition) is 5. The van der Waals surface area contributed by atoms with Gasteiger partial charge in [-0.25, -0.2) is 4.98 Å². The van der Waals surface area contributed by atoms with E-state index in [-0.39, 0.29) is 22.9 Å². The number of nitrogen functional groups attached to an aromatic ring is 1. The van der Waals surface area contributed by atoms with Crippen LogP contribution < -0.4 is 11.1 Å². The van der Waals surface area contributed by atoms with E-state index in [0.717, 1.165) is 16.7 Å². The Morgan fingerprint density at radius 1 is 1.16 bits per heavy atom. The van der Waals surface area contributed by atoms with Gasteiger partial charge >= 0.3 is 0 Å². The number of aromatic nitrogens is 1. The first-order valence-electron chi connectivity index (χ1n) is 11.8. The van der Waals surface area contributed by atoms with Crippen LogP contribution in [0.1, 0.15) is 34.3 Å². The topological polar surface area (TPSA) is 101 Å². The number of carbonyl (C=O) groups excluding carboxylic acids is 2. The molecule has 8 heteroatoms. The number of amides is 2. The first kappa shape index (κ1) is 25.9. The highest BCUT2D eigenvalue weighted by Gasteiger charge is 2.32. The first-order chi connectivity index (χ1) is 17.8. The lowest BCUT2D eigenvalue weighted by Gasteiger charge is -2.39. The highest BCUT2D eigenvalue weighted by molar-refractivity contribution is 6.29. The van der Waals surface area contributed by atoms with E-state index in [4.69, 9.17) is 17.3 Å². The number of hydrogen-bond donors (Lipinski definition) is 2. The molecule has 1 aromatic heterocycles. The zero-order chi connectivity index (χ0) is 26.5. The van der Waals surface area contributed by atoms with Crippen LogP contribution in [0, 0.1) is 6.92 Å². The molecular weight excluding hydrogens is 486 g/mol. The summed E-state index contributed by atoms with van der Waals surface area (Å²) in [6.07, 6.45) is 4.74. The quantitative estimate of drug-likeness (QED) is 0.187. The maximum atomic E-state index is 13.1. The van der Waals surface area contributed by atoms with Gasteiger partial charge in [0.05, 0.1) is 0 Å². The smallest absolute Gasteiger partial charge is 0.253 e. The zero-order valence-electron chi connectivity index (χ0n) is 20.7. The molecule has 0 saturated carbocycles.